The van der Waals surface area contributed by atoms with Gasteiger partial charge in [0.1, 0.15) is 5.69 Å². The van der Waals surface area contributed by atoms with Crippen LogP contribution in [0.15, 0.2) is 42.5 Å². The maximum atomic E-state index is 12.4. The third kappa shape index (κ3) is 3.84. The van der Waals surface area contributed by atoms with E-state index in [1.165, 1.54) is 6.08 Å². The first-order valence-electron chi connectivity index (χ1n) is 8.10. The van der Waals surface area contributed by atoms with Crippen LogP contribution in [-0.2, 0) is 9.53 Å². The Bertz CT molecular complexity index is 1050. The van der Waals surface area contributed by atoms with E-state index >= 15 is 0 Å². The van der Waals surface area contributed by atoms with E-state index in [9.17, 15) is 14.7 Å². The van der Waals surface area contributed by atoms with Gasteiger partial charge in [-0.1, -0.05) is 53.5 Å². The van der Waals surface area contributed by atoms with E-state index < -0.39 is 11.9 Å². The first-order valence-corrected chi connectivity index (χ1v) is 8.86. The number of carbonyl (C=O) groups is 2. The highest BCUT2D eigenvalue weighted by Gasteiger charge is 2.21. The number of H-pyrrole nitrogens is 1. The molecule has 0 amide bonds. The summed E-state index contributed by atoms with van der Waals surface area (Å²) in [5.74, 6) is -1.71. The number of hydrogen-bond acceptors (Lipinski definition) is 3. The summed E-state index contributed by atoms with van der Waals surface area (Å²) in [7, 11) is 0. The SMILES string of the molecule is CCOC(=O)c1[nH]c2cc(Cl)c(Cl)cc2c1/C=C(/C(=O)O)c1ccccc1. The van der Waals surface area contributed by atoms with Gasteiger partial charge >= 0.3 is 11.9 Å². The summed E-state index contributed by atoms with van der Waals surface area (Å²) in [6, 6.07) is 11.8. The lowest BCUT2D eigenvalue weighted by molar-refractivity contribution is -0.130. The molecule has 2 N–H and O–H groups in total. The molecule has 0 radical (unpaired) electrons. The van der Waals surface area contributed by atoms with Crippen molar-refractivity contribution in [3.05, 3.63) is 69.3 Å². The van der Waals surface area contributed by atoms with Crippen molar-refractivity contribution in [1.82, 2.24) is 4.98 Å². The number of nitrogens with one attached hydrogen (secondary N) is 1. The number of aromatic nitrogens is 1. The van der Waals surface area contributed by atoms with Crippen molar-refractivity contribution in [2.75, 3.05) is 6.61 Å². The van der Waals surface area contributed by atoms with Crippen LogP contribution in [0.4, 0.5) is 0 Å². The molecule has 5 nitrogen and oxygen atoms in total. The lowest BCUT2D eigenvalue weighted by atomic mass is 10.0. The quantitative estimate of drug-likeness (QED) is 0.448. The largest absolute Gasteiger partial charge is 0.478 e. The Balaban J connectivity index is 2.30. The summed E-state index contributed by atoms with van der Waals surface area (Å²) in [6.07, 6.45) is 1.44. The van der Waals surface area contributed by atoms with E-state index in [0.29, 0.717) is 32.1 Å². The Kier molecular flexibility index (Phi) is 5.54. The van der Waals surface area contributed by atoms with Crippen LogP contribution in [-0.4, -0.2) is 28.6 Å². The predicted octanol–water partition coefficient (Wildman–Crippen LogP) is 5.28. The fourth-order valence-electron chi connectivity index (χ4n) is 2.75. The molecule has 0 atom stereocenters. The highest BCUT2D eigenvalue weighted by molar-refractivity contribution is 6.43. The molecule has 3 rings (SSSR count). The number of halogens is 2. The third-order valence-corrected chi connectivity index (χ3v) is 4.69. The molecule has 0 fully saturated rings. The van der Waals surface area contributed by atoms with Crippen LogP contribution in [0.25, 0.3) is 22.6 Å². The number of carboxylic acids is 1. The zero-order valence-corrected chi connectivity index (χ0v) is 15.8. The van der Waals surface area contributed by atoms with Crippen LogP contribution in [0.5, 0.6) is 0 Å². The van der Waals surface area contributed by atoms with E-state index in [4.69, 9.17) is 27.9 Å². The minimum atomic E-state index is -1.12. The topological polar surface area (TPSA) is 79.4 Å². The number of carboxylic acid groups (broad SMARTS) is 1. The molecule has 7 heteroatoms. The highest BCUT2D eigenvalue weighted by atomic mass is 35.5. The Labute approximate surface area is 165 Å². The second-order valence-corrected chi connectivity index (χ2v) is 6.49. The molecule has 27 heavy (non-hydrogen) atoms. The fraction of sp³-hybridized carbons (Fsp3) is 0.100. The second kappa shape index (κ2) is 7.86. The summed E-state index contributed by atoms with van der Waals surface area (Å²) in [4.78, 5) is 27.2. The number of esters is 1. The van der Waals surface area contributed by atoms with Crippen molar-refractivity contribution in [3.8, 4) is 0 Å². The van der Waals surface area contributed by atoms with Crippen LogP contribution in [0.1, 0.15) is 28.5 Å². The number of aromatic amines is 1. The Hall–Kier alpha value is -2.76. The normalized spacial score (nSPS) is 11.6. The van der Waals surface area contributed by atoms with Gasteiger partial charge in [-0.05, 0) is 30.7 Å². The van der Waals surface area contributed by atoms with Gasteiger partial charge in [-0.3, -0.25) is 0 Å². The summed E-state index contributed by atoms with van der Waals surface area (Å²) in [6.45, 7) is 1.87. The van der Waals surface area contributed by atoms with Crippen molar-refractivity contribution in [3.63, 3.8) is 0 Å². The maximum Gasteiger partial charge on any atom is 0.355 e. The molecular formula is C20H15Cl2NO4. The molecule has 3 aromatic rings. The fourth-order valence-corrected chi connectivity index (χ4v) is 3.08. The number of aliphatic carboxylic acids is 1. The van der Waals surface area contributed by atoms with Gasteiger partial charge in [-0.2, -0.15) is 0 Å². The van der Waals surface area contributed by atoms with Gasteiger partial charge in [-0.25, -0.2) is 9.59 Å². The number of hydrogen-bond donors (Lipinski definition) is 2. The molecule has 0 aliphatic carbocycles. The van der Waals surface area contributed by atoms with E-state index in [1.807, 2.05) is 0 Å². The third-order valence-electron chi connectivity index (χ3n) is 3.96. The lowest BCUT2D eigenvalue weighted by Gasteiger charge is -2.05. The van der Waals surface area contributed by atoms with Crippen LogP contribution < -0.4 is 0 Å². The van der Waals surface area contributed by atoms with Crippen LogP contribution in [0.2, 0.25) is 10.0 Å². The molecule has 0 bridgehead atoms. The lowest BCUT2D eigenvalue weighted by Crippen LogP contribution is -2.07. The van der Waals surface area contributed by atoms with E-state index in [1.54, 1.807) is 49.4 Å². The van der Waals surface area contributed by atoms with Crippen LogP contribution in [0, 0.1) is 0 Å². The Morgan fingerprint density at radius 3 is 2.44 bits per heavy atom. The van der Waals surface area contributed by atoms with Gasteiger partial charge in [0, 0.05) is 16.5 Å². The zero-order valence-electron chi connectivity index (χ0n) is 14.3. The minimum Gasteiger partial charge on any atom is -0.478 e. The molecule has 1 heterocycles. The van der Waals surface area contributed by atoms with Gasteiger partial charge in [0.15, 0.2) is 0 Å². The number of fused-ring (bicyclic) bond motifs is 1. The molecule has 0 aliphatic rings. The number of carbonyl (C=O) groups excluding carboxylic acids is 1. The van der Waals surface area contributed by atoms with Gasteiger partial charge in [0.25, 0.3) is 0 Å². The molecule has 1 aromatic heterocycles. The molecule has 0 aliphatic heterocycles. The number of ether oxygens (including phenoxy) is 1. The zero-order chi connectivity index (χ0) is 19.6. The van der Waals surface area contributed by atoms with E-state index in [0.717, 1.165) is 0 Å². The molecule has 0 saturated carbocycles. The highest BCUT2D eigenvalue weighted by Crippen LogP contribution is 2.33. The summed E-state index contributed by atoms with van der Waals surface area (Å²) >= 11 is 12.2. The predicted molar refractivity (Wildman–Crippen MR) is 106 cm³/mol. The van der Waals surface area contributed by atoms with Gasteiger partial charge < -0.3 is 14.8 Å². The molecule has 2 aromatic carbocycles. The number of rotatable bonds is 5. The van der Waals surface area contributed by atoms with Crippen molar-refractivity contribution < 1.29 is 19.4 Å². The second-order valence-electron chi connectivity index (χ2n) is 5.68. The first-order chi connectivity index (χ1) is 12.9. The summed E-state index contributed by atoms with van der Waals surface area (Å²) < 4.78 is 5.09. The van der Waals surface area contributed by atoms with Crippen LogP contribution in [0.3, 0.4) is 0 Å². The first kappa shape index (κ1) is 19.0. The van der Waals surface area contributed by atoms with Gasteiger partial charge in [0.05, 0.1) is 22.2 Å². The van der Waals surface area contributed by atoms with Gasteiger partial charge in [-0.15, -0.1) is 0 Å². The maximum absolute atomic E-state index is 12.4. The average Bonchev–Trinajstić information content (AvgIpc) is 2.98. The standard InChI is InChI=1S/C20H15Cl2NO4/c1-2-27-20(26)18-14(13-9-15(21)16(22)10-17(13)23-18)8-12(19(24)25)11-6-4-3-5-7-11/h3-10,23H,2H2,1H3,(H,24,25)/b12-8+. The molecule has 0 spiro atoms. The monoisotopic (exact) mass is 403 g/mol. The van der Waals surface area contributed by atoms with Crippen molar-refractivity contribution in [2.45, 2.75) is 6.92 Å². The summed E-state index contributed by atoms with van der Waals surface area (Å²) in [5.41, 5.74) is 1.61. The Morgan fingerprint density at radius 1 is 1.15 bits per heavy atom. The van der Waals surface area contributed by atoms with E-state index in [2.05, 4.69) is 4.98 Å². The van der Waals surface area contributed by atoms with Crippen LogP contribution >= 0.6 is 23.2 Å². The minimum absolute atomic E-state index is 0.0353. The van der Waals surface area contributed by atoms with Gasteiger partial charge in [0.2, 0.25) is 0 Å². The molecule has 0 saturated heterocycles. The van der Waals surface area contributed by atoms with Crippen molar-refractivity contribution in [1.29, 1.82) is 0 Å². The molecule has 0 unspecified atom stereocenters. The Morgan fingerprint density at radius 2 is 1.81 bits per heavy atom. The molecule has 138 valence electrons. The van der Waals surface area contributed by atoms with E-state index in [-0.39, 0.29) is 17.9 Å². The molecular weight excluding hydrogens is 389 g/mol. The average molecular weight is 404 g/mol. The summed E-state index contributed by atoms with van der Waals surface area (Å²) in [5, 5.41) is 10.9. The van der Waals surface area contributed by atoms with Crippen molar-refractivity contribution in [2.24, 2.45) is 0 Å². The number of benzene rings is 2. The smallest absolute Gasteiger partial charge is 0.355 e. The van der Waals surface area contributed by atoms with Crippen molar-refractivity contribution >= 4 is 57.7 Å².